The average molecular weight is 248 g/mol. The van der Waals surface area contributed by atoms with E-state index in [1.807, 2.05) is 0 Å². The first-order valence-electron chi connectivity index (χ1n) is 5.46. The molecule has 1 aromatic carbocycles. The highest BCUT2D eigenvalue weighted by atomic mass is 16.6. The molecule has 1 aliphatic heterocycles. The highest BCUT2D eigenvalue weighted by molar-refractivity contribution is 5.91. The molecule has 1 aromatic rings. The molecule has 18 heavy (non-hydrogen) atoms. The molecule has 0 unspecified atom stereocenters. The average Bonchev–Trinajstić information content (AvgIpc) is 2.76. The third-order valence-electron chi connectivity index (χ3n) is 2.69. The number of nitrogens with one attached hydrogen (secondary N) is 1. The zero-order valence-electron chi connectivity index (χ0n) is 9.80. The van der Waals surface area contributed by atoms with E-state index in [-0.39, 0.29) is 11.7 Å². The van der Waals surface area contributed by atoms with Crippen molar-refractivity contribution in [3.63, 3.8) is 0 Å². The van der Waals surface area contributed by atoms with Crippen molar-refractivity contribution in [2.24, 2.45) is 0 Å². The van der Waals surface area contributed by atoms with Crippen LogP contribution in [-0.2, 0) is 9.53 Å². The molecule has 0 amide bonds. The lowest BCUT2D eigenvalue weighted by Gasteiger charge is -2.07. The standard InChI is InChI=1S/C12H12N2O4/c1-8(11-6-7-18-12(11)15)13-9-2-4-10(5-3-9)14(16)17/h2-5,13H,6-7H2,1H3/b11-8-. The van der Waals surface area contributed by atoms with Gasteiger partial charge in [0.05, 0.1) is 17.1 Å². The Morgan fingerprint density at radius 1 is 1.39 bits per heavy atom. The summed E-state index contributed by atoms with van der Waals surface area (Å²) in [6, 6.07) is 6.02. The third kappa shape index (κ3) is 2.48. The van der Waals surface area contributed by atoms with Crippen LogP contribution >= 0.6 is 0 Å². The van der Waals surface area contributed by atoms with Crippen LogP contribution in [0.1, 0.15) is 13.3 Å². The summed E-state index contributed by atoms with van der Waals surface area (Å²) in [7, 11) is 0. The molecule has 0 aliphatic carbocycles. The molecule has 6 heteroatoms. The maximum Gasteiger partial charge on any atom is 0.335 e. The van der Waals surface area contributed by atoms with E-state index in [9.17, 15) is 14.9 Å². The smallest absolute Gasteiger partial charge is 0.335 e. The highest BCUT2D eigenvalue weighted by Gasteiger charge is 2.21. The number of nitrogens with zero attached hydrogens (tertiary/aromatic N) is 1. The number of non-ortho nitro benzene ring substituents is 1. The van der Waals surface area contributed by atoms with Crippen molar-refractivity contribution in [1.29, 1.82) is 0 Å². The van der Waals surface area contributed by atoms with Gasteiger partial charge < -0.3 is 10.1 Å². The predicted molar refractivity (Wildman–Crippen MR) is 65.0 cm³/mol. The Balaban J connectivity index is 2.14. The molecule has 1 heterocycles. The molecule has 0 radical (unpaired) electrons. The van der Waals surface area contributed by atoms with Gasteiger partial charge in [-0.1, -0.05) is 0 Å². The second kappa shape index (κ2) is 4.87. The first-order chi connectivity index (χ1) is 8.58. The molecule has 1 N–H and O–H groups in total. The second-order valence-electron chi connectivity index (χ2n) is 3.92. The number of carbonyl (C=O) groups excluding carboxylic acids is 1. The van der Waals surface area contributed by atoms with Crippen molar-refractivity contribution in [1.82, 2.24) is 0 Å². The summed E-state index contributed by atoms with van der Waals surface area (Å²) in [4.78, 5) is 21.4. The quantitative estimate of drug-likeness (QED) is 0.384. The molecule has 1 saturated heterocycles. The number of esters is 1. The van der Waals surface area contributed by atoms with E-state index >= 15 is 0 Å². The lowest BCUT2D eigenvalue weighted by molar-refractivity contribution is -0.384. The van der Waals surface area contributed by atoms with Gasteiger partial charge in [0.25, 0.3) is 5.69 Å². The number of nitro groups is 1. The molecule has 1 aliphatic rings. The summed E-state index contributed by atoms with van der Waals surface area (Å²) in [5.74, 6) is -0.304. The number of benzene rings is 1. The SMILES string of the molecule is C/C(Nc1ccc([N+](=O)[O-])cc1)=C1\CCOC1=O. The Hall–Kier alpha value is -2.37. The zero-order valence-corrected chi connectivity index (χ0v) is 9.80. The predicted octanol–water partition coefficient (Wildman–Crippen LogP) is 2.23. The summed E-state index contributed by atoms with van der Waals surface area (Å²) >= 11 is 0. The second-order valence-corrected chi connectivity index (χ2v) is 3.92. The van der Waals surface area contributed by atoms with Crippen LogP contribution in [0.4, 0.5) is 11.4 Å². The van der Waals surface area contributed by atoms with Crippen LogP contribution < -0.4 is 5.32 Å². The van der Waals surface area contributed by atoms with Gasteiger partial charge in [-0.15, -0.1) is 0 Å². The van der Waals surface area contributed by atoms with E-state index in [0.29, 0.717) is 30.0 Å². The third-order valence-corrected chi connectivity index (χ3v) is 2.69. The first-order valence-corrected chi connectivity index (χ1v) is 5.46. The van der Waals surface area contributed by atoms with Crippen LogP contribution in [0, 0.1) is 10.1 Å². The summed E-state index contributed by atoms with van der Waals surface area (Å²) in [5, 5.41) is 13.5. The maximum absolute atomic E-state index is 11.3. The molecule has 0 saturated carbocycles. The number of carbonyl (C=O) groups is 1. The van der Waals surface area contributed by atoms with Gasteiger partial charge in [-0.3, -0.25) is 10.1 Å². The molecule has 0 bridgehead atoms. The fourth-order valence-corrected chi connectivity index (χ4v) is 1.73. The van der Waals surface area contributed by atoms with E-state index in [4.69, 9.17) is 4.74 Å². The molecule has 1 fully saturated rings. The molecule has 2 rings (SSSR count). The topological polar surface area (TPSA) is 81.5 Å². The minimum absolute atomic E-state index is 0.0335. The molecule has 94 valence electrons. The van der Waals surface area contributed by atoms with Crippen LogP contribution in [-0.4, -0.2) is 17.5 Å². The van der Waals surface area contributed by atoms with Crippen molar-refractivity contribution >= 4 is 17.3 Å². The Morgan fingerprint density at radius 3 is 2.56 bits per heavy atom. The molecule has 6 nitrogen and oxygen atoms in total. The summed E-state index contributed by atoms with van der Waals surface area (Å²) < 4.78 is 4.85. The van der Waals surface area contributed by atoms with Crippen molar-refractivity contribution in [2.45, 2.75) is 13.3 Å². The number of cyclic esters (lactones) is 1. The Morgan fingerprint density at radius 2 is 2.06 bits per heavy atom. The van der Waals surface area contributed by atoms with Crippen molar-refractivity contribution in [3.05, 3.63) is 45.6 Å². The number of rotatable bonds is 3. The van der Waals surface area contributed by atoms with Gasteiger partial charge in [0.1, 0.15) is 0 Å². The van der Waals surface area contributed by atoms with Crippen LogP contribution in [0.15, 0.2) is 35.5 Å². The minimum atomic E-state index is -0.455. The van der Waals surface area contributed by atoms with Crippen LogP contribution in [0.3, 0.4) is 0 Å². The number of nitro benzene ring substituents is 1. The van der Waals surface area contributed by atoms with Gasteiger partial charge in [0.2, 0.25) is 0 Å². The molecular formula is C12H12N2O4. The lowest BCUT2D eigenvalue weighted by Crippen LogP contribution is -2.04. The van der Waals surface area contributed by atoms with Gasteiger partial charge in [-0.25, -0.2) is 4.79 Å². The van der Waals surface area contributed by atoms with E-state index in [1.54, 1.807) is 19.1 Å². The van der Waals surface area contributed by atoms with Crippen molar-refractivity contribution < 1.29 is 14.5 Å². The van der Waals surface area contributed by atoms with Crippen molar-refractivity contribution in [3.8, 4) is 0 Å². The van der Waals surface area contributed by atoms with E-state index in [0.717, 1.165) is 0 Å². The summed E-state index contributed by atoms with van der Waals surface area (Å²) in [6.07, 6.45) is 0.588. The van der Waals surface area contributed by atoms with Gasteiger partial charge in [0, 0.05) is 29.9 Å². The van der Waals surface area contributed by atoms with Gasteiger partial charge in [-0.2, -0.15) is 0 Å². The van der Waals surface area contributed by atoms with Crippen LogP contribution in [0.5, 0.6) is 0 Å². The van der Waals surface area contributed by atoms with Gasteiger partial charge >= 0.3 is 5.97 Å². The number of ether oxygens (including phenoxy) is 1. The van der Waals surface area contributed by atoms with Crippen molar-refractivity contribution in [2.75, 3.05) is 11.9 Å². The zero-order chi connectivity index (χ0) is 13.1. The van der Waals surface area contributed by atoms with Crippen LogP contribution in [0.25, 0.3) is 0 Å². The normalized spacial score (nSPS) is 17.3. The Kier molecular flexibility index (Phi) is 3.27. The number of hydrogen-bond acceptors (Lipinski definition) is 5. The Labute approximate surface area is 103 Å². The fourth-order valence-electron chi connectivity index (χ4n) is 1.73. The van der Waals surface area contributed by atoms with Crippen LogP contribution in [0.2, 0.25) is 0 Å². The Bertz CT molecular complexity index is 519. The molecule has 0 aromatic heterocycles. The highest BCUT2D eigenvalue weighted by Crippen LogP contribution is 2.21. The monoisotopic (exact) mass is 248 g/mol. The lowest BCUT2D eigenvalue weighted by atomic mass is 10.2. The molecular weight excluding hydrogens is 236 g/mol. The van der Waals surface area contributed by atoms with E-state index < -0.39 is 4.92 Å². The van der Waals surface area contributed by atoms with E-state index in [1.165, 1.54) is 12.1 Å². The number of hydrogen-bond donors (Lipinski definition) is 1. The largest absolute Gasteiger partial charge is 0.462 e. The molecule has 0 atom stereocenters. The number of allylic oxidation sites excluding steroid dienone is 1. The minimum Gasteiger partial charge on any atom is -0.462 e. The molecule has 0 spiro atoms. The summed E-state index contributed by atoms with van der Waals surface area (Å²) in [6.45, 7) is 2.19. The first kappa shape index (κ1) is 12.1. The van der Waals surface area contributed by atoms with E-state index in [2.05, 4.69) is 5.32 Å². The van der Waals surface area contributed by atoms with Gasteiger partial charge in [-0.05, 0) is 19.1 Å². The number of anilines is 1. The summed E-state index contributed by atoms with van der Waals surface area (Å²) in [5.41, 5.74) is 2.07. The fraction of sp³-hybridized carbons (Fsp3) is 0.250. The maximum atomic E-state index is 11.3. The van der Waals surface area contributed by atoms with Gasteiger partial charge in [0.15, 0.2) is 0 Å².